The van der Waals surface area contributed by atoms with E-state index in [9.17, 15) is 4.79 Å². The Morgan fingerprint density at radius 2 is 2.05 bits per heavy atom. The molecule has 3 rings (SSSR count). The van der Waals surface area contributed by atoms with Gasteiger partial charge in [-0.2, -0.15) is 0 Å². The summed E-state index contributed by atoms with van der Waals surface area (Å²) in [5.74, 6) is 0.527. The number of hydrogen-bond donors (Lipinski definition) is 0. The molecule has 0 saturated heterocycles. The van der Waals surface area contributed by atoms with Gasteiger partial charge in [0.1, 0.15) is 5.76 Å². The van der Waals surface area contributed by atoms with E-state index in [0.29, 0.717) is 12.0 Å². The third-order valence-corrected chi connectivity index (χ3v) is 3.55. The van der Waals surface area contributed by atoms with Gasteiger partial charge in [-0.15, -0.1) is 6.58 Å². The lowest BCUT2D eigenvalue weighted by Gasteiger charge is -2.13. The minimum Gasteiger partial charge on any atom is -0.469 e. The molecule has 0 aliphatic carbocycles. The zero-order valence-corrected chi connectivity index (χ0v) is 11.8. The van der Waals surface area contributed by atoms with Crippen molar-refractivity contribution < 1.29 is 13.9 Å². The second kappa shape index (κ2) is 5.44. The van der Waals surface area contributed by atoms with Gasteiger partial charge in [-0.25, -0.2) is 4.79 Å². The van der Waals surface area contributed by atoms with E-state index in [-0.39, 0.29) is 12.1 Å². The van der Waals surface area contributed by atoms with Crippen LogP contribution in [0.15, 0.2) is 65.3 Å². The molecule has 0 N–H and O–H groups in total. The van der Waals surface area contributed by atoms with Gasteiger partial charge in [0.15, 0.2) is 6.10 Å². The van der Waals surface area contributed by atoms with Crippen LogP contribution in [0.2, 0.25) is 0 Å². The molecule has 0 spiro atoms. The normalized spacial score (nSPS) is 18.0. The highest BCUT2D eigenvalue weighted by molar-refractivity contribution is 6.03. The Morgan fingerprint density at radius 1 is 1.29 bits per heavy atom. The minimum absolute atomic E-state index is 0.280. The fraction of sp³-hybridized carbons (Fsp3) is 0.167. The molecule has 3 nitrogen and oxygen atoms in total. The van der Waals surface area contributed by atoms with Gasteiger partial charge in [-0.1, -0.05) is 36.4 Å². The van der Waals surface area contributed by atoms with Gasteiger partial charge >= 0.3 is 5.97 Å². The van der Waals surface area contributed by atoms with Gasteiger partial charge in [0, 0.05) is 16.7 Å². The van der Waals surface area contributed by atoms with Crippen molar-refractivity contribution in [1.82, 2.24) is 0 Å². The van der Waals surface area contributed by atoms with E-state index in [4.69, 9.17) is 9.15 Å². The first-order valence-corrected chi connectivity index (χ1v) is 6.86. The number of cyclic esters (lactones) is 1. The summed E-state index contributed by atoms with van der Waals surface area (Å²) < 4.78 is 11.0. The molecule has 2 heterocycles. The zero-order chi connectivity index (χ0) is 14.8. The lowest BCUT2D eigenvalue weighted by Crippen LogP contribution is -2.02. The number of ether oxygens (including phenoxy) is 1. The van der Waals surface area contributed by atoms with Crippen molar-refractivity contribution in [3.8, 4) is 0 Å². The Labute approximate surface area is 123 Å². The summed E-state index contributed by atoms with van der Waals surface area (Å²) in [5, 5.41) is 0. The fourth-order valence-electron chi connectivity index (χ4n) is 2.62. The molecule has 3 heteroatoms. The first-order chi connectivity index (χ1) is 10.2. The zero-order valence-electron chi connectivity index (χ0n) is 11.8. The van der Waals surface area contributed by atoms with Crippen molar-refractivity contribution in [2.45, 2.75) is 19.4 Å². The molecule has 1 aromatic carbocycles. The molecule has 1 aliphatic heterocycles. The highest BCUT2D eigenvalue weighted by atomic mass is 16.5. The van der Waals surface area contributed by atoms with E-state index < -0.39 is 0 Å². The lowest BCUT2D eigenvalue weighted by molar-refractivity contribution is -0.139. The maximum atomic E-state index is 12.2. The van der Waals surface area contributed by atoms with Crippen LogP contribution in [-0.2, 0) is 9.53 Å². The maximum absolute atomic E-state index is 12.2. The van der Waals surface area contributed by atoms with Crippen molar-refractivity contribution in [3.63, 3.8) is 0 Å². The Bertz CT molecular complexity index is 707. The molecule has 1 aliphatic rings. The molecule has 1 atom stereocenters. The third kappa shape index (κ3) is 2.42. The Hall–Kier alpha value is -2.55. The molecular formula is C18H16O3. The van der Waals surface area contributed by atoms with Crippen LogP contribution in [0.1, 0.15) is 29.4 Å². The van der Waals surface area contributed by atoms with E-state index in [1.54, 1.807) is 12.3 Å². The molecule has 0 unspecified atom stereocenters. The standard InChI is InChI=1S/C18H16O3/c1-3-7-15-16(14-10-12(2)20-11-14)17(21-18(15)19)13-8-5-4-6-9-13/h3-6,8-11,17H,1,7H2,2H3/t17-/m0/s1. The van der Waals surface area contributed by atoms with Crippen molar-refractivity contribution in [3.05, 3.63) is 77.8 Å². The van der Waals surface area contributed by atoms with E-state index in [1.807, 2.05) is 43.3 Å². The Kier molecular flexibility index (Phi) is 3.48. The van der Waals surface area contributed by atoms with Crippen LogP contribution in [0.4, 0.5) is 0 Å². The molecule has 21 heavy (non-hydrogen) atoms. The molecule has 0 saturated carbocycles. The Balaban J connectivity index is 2.13. The van der Waals surface area contributed by atoms with E-state index in [2.05, 4.69) is 6.58 Å². The summed E-state index contributed by atoms with van der Waals surface area (Å²) in [6, 6.07) is 11.7. The number of carbonyl (C=O) groups excluding carboxylic acids is 1. The monoisotopic (exact) mass is 280 g/mol. The average Bonchev–Trinajstić information content (AvgIpc) is 3.05. The van der Waals surface area contributed by atoms with Crippen molar-refractivity contribution in [1.29, 1.82) is 0 Å². The number of carbonyl (C=O) groups is 1. The summed E-state index contributed by atoms with van der Waals surface area (Å²) in [6.07, 6.45) is 3.50. The smallest absolute Gasteiger partial charge is 0.335 e. The highest BCUT2D eigenvalue weighted by Crippen LogP contribution is 2.43. The van der Waals surface area contributed by atoms with Gasteiger partial charge in [-0.3, -0.25) is 0 Å². The number of allylic oxidation sites excluding steroid dienone is 1. The van der Waals surface area contributed by atoms with E-state index >= 15 is 0 Å². The van der Waals surface area contributed by atoms with E-state index in [0.717, 1.165) is 22.5 Å². The number of rotatable bonds is 4. The first-order valence-electron chi connectivity index (χ1n) is 6.86. The van der Waals surface area contributed by atoms with Crippen LogP contribution in [-0.4, -0.2) is 5.97 Å². The van der Waals surface area contributed by atoms with Crippen LogP contribution in [0.3, 0.4) is 0 Å². The highest BCUT2D eigenvalue weighted by Gasteiger charge is 2.35. The summed E-state index contributed by atoms with van der Waals surface area (Å²) in [5.41, 5.74) is 3.38. The molecule has 106 valence electrons. The summed E-state index contributed by atoms with van der Waals surface area (Å²) >= 11 is 0. The molecule has 1 aromatic heterocycles. The lowest BCUT2D eigenvalue weighted by atomic mass is 9.93. The van der Waals surface area contributed by atoms with Gasteiger partial charge in [-0.05, 0) is 25.0 Å². The number of esters is 1. The number of aryl methyl sites for hydroxylation is 1. The largest absolute Gasteiger partial charge is 0.469 e. The number of furan rings is 1. The molecule has 0 amide bonds. The van der Waals surface area contributed by atoms with Gasteiger partial charge in [0.25, 0.3) is 0 Å². The van der Waals surface area contributed by atoms with Gasteiger partial charge in [0.05, 0.1) is 6.26 Å². The third-order valence-electron chi connectivity index (χ3n) is 3.55. The quantitative estimate of drug-likeness (QED) is 0.622. The second-order valence-electron chi connectivity index (χ2n) is 5.03. The predicted octanol–water partition coefficient (Wildman–Crippen LogP) is 4.22. The minimum atomic E-state index is -0.384. The maximum Gasteiger partial charge on any atom is 0.335 e. The summed E-state index contributed by atoms with van der Waals surface area (Å²) in [6.45, 7) is 5.61. The van der Waals surface area contributed by atoms with Crippen LogP contribution >= 0.6 is 0 Å². The van der Waals surface area contributed by atoms with Crippen molar-refractivity contribution in [2.24, 2.45) is 0 Å². The SMILES string of the molecule is C=CCC1=C(c2coc(C)c2)[C@H](c2ccccc2)OC1=O. The summed E-state index contributed by atoms with van der Waals surface area (Å²) in [7, 11) is 0. The average molecular weight is 280 g/mol. The van der Waals surface area contributed by atoms with Gasteiger partial charge in [0.2, 0.25) is 0 Å². The van der Waals surface area contributed by atoms with Gasteiger partial charge < -0.3 is 9.15 Å². The number of benzene rings is 1. The van der Waals surface area contributed by atoms with Crippen molar-refractivity contribution in [2.75, 3.05) is 0 Å². The molecule has 0 radical (unpaired) electrons. The second-order valence-corrected chi connectivity index (χ2v) is 5.03. The molecule has 0 bridgehead atoms. The Morgan fingerprint density at radius 3 is 2.67 bits per heavy atom. The molecule has 0 fully saturated rings. The van der Waals surface area contributed by atoms with Crippen LogP contribution in [0, 0.1) is 6.92 Å². The first kappa shape index (κ1) is 13.4. The molecule has 2 aromatic rings. The summed E-state index contributed by atoms with van der Waals surface area (Å²) in [4.78, 5) is 12.2. The van der Waals surface area contributed by atoms with Crippen LogP contribution < -0.4 is 0 Å². The van der Waals surface area contributed by atoms with Crippen LogP contribution in [0.5, 0.6) is 0 Å². The number of hydrogen-bond acceptors (Lipinski definition) is 3. The van der Waals surface area contributed by atoms with Crippen molar-refractivity contribution >= 4 is 11.5 Å². The van der Waals surface area contributed by atoms with Crippen LogP contribution in [0.25, 0.3) is 5.57 Å². The fourth-order valence-corrected chi connectivity index (χ4v) is 2.62. The predicted molar refractivity (Wildman–Crippen MR) is 80.5 cm³/mol. The van der Waals surface area contributed by atoms with E-state index in [1.165, 1.54) is 0 Å². The molecular weight excluding hydrogens is 264 g/mol. The topological polar surface area (TPSA) is 39.4 Å².